The summed E-state index contributed by atoms with van der Waals surface area (Å²) in [6.07, 6.45) is 1.70. The highest BCUT2D eigenvalue weighted by Crippen LogP contribution is 2.24. The van der Waals surface area contributed by atoms with Gasteiger partial charge in [-0.1, -0.05) is 23.8 Å². The Morgan fingerprint density at radius 3 is 2.72 bits per heavy atom. The second-order valence-corrected chi connectivity index (χ2v) is 4.49. The minimum Gasteiger partial charge on any atom is -0.384 e. The highest BCUT2D eigenvalue weighted by atomic mass is 15.3. The van der Waals surface area contributed by atoms with Gasteiger partial charge in [0.25, 0.3) is 0 Å². The number of benzene rings is 1. The summed E-state index contributed by atoms with van der Waals surface area (Å²) in [6, 6.07) is 10.0. The summed E-state index contributed by atoms with van der Waals surface area (Å²) in [7, 11) is 0. The van der Waals surface area contributed by atoms with E-state index in [9.17, 15) is 0 Å². The summed E-state index contributed by atoms with van der Waals surface area (Å²) in [5.74, 6) is 0.597. The van der Waals surface area contributed by atoms with Crippen LogP contribution in [0.2, 0.25) is 0 Å². The Morgan fingerprint density at radius 1 is 1.11 bits per heavy atom. The fraction of sp³-hybridized carbons (Fsp3) is 0.143. The van der Waals surface area contributed by atoms with Gasteiger partial charge < -0.3 is 5.73 Å². The Kier molecular flexibility index (Phi) is 2.30. The molecule has 2 N–H and O–H groups in total. The first-order valence-corrected chi connectivity index (χ1v) is 5.83. The molecule has 0 aliphatic carbocycles. The Labute approximate surface area is 105 Å². The highest BCUT2D eigenvalue weighted by Gasteiger charge is 2.08. The van der Waals surface area contributed by atoms with Crippen LogP contribution in [0.1, 0.15) is 11.1 Å². The summed E-state index contributed by atoms with van der Waals surface area (Å²) in [6.45, 7) is 4.17. The van der Waals surface area contributed by atoms with Crippen molar-refractivity contribution in [1.82, 2.24) is 14.6 Å². The molecule has 2 heterocycles. The normalized spacial score (nSPS) is 11.0. The monoisotopic (exact) mass is 238 g/mol. The molecule has 0 saturated heterocycles. The van der Waals surface area contributed by atoms with E-state index in [1.54, 1.807) is 10.7 Å². The van der Waals surface area contributed by atoms with Crippen LogP contribution in [0.3, 0.4) is 0 Å². The van der Waals surface area contributed by atoms with Crippen molar-refractivity contribution in [2.45, 2.75) is 13.8 Å². The number of nitrogens with zero attached hydrogens (tertiary/aromatic N) is 3. The van der Waals surface area contributed by atoms with E-state index in [1.807, 2.05) is 12.1 Å². The lowest BCUT2D eigenvalue weighted by molar-refractivity contribution is 0.953. The number of hydrogen-bond acceptors (Lipinski definition) is 3. The number of hydrogen-bond donors (Lipinski definition) is 1. The van der Waals surface area contributed by atoms with Gasteiger partial charge in [0.15, 0.2) is 5.65 Å². The lowest BCUT2D eigenvalue weighted by Crippen LogP contribution is -2.01. The first kappa shape index (κ1) is 10.8. The van der Waals surface area contributed by atoms with Gasteiger partial charge in [-0.3, -0.25) is 0 Å². The van der Waals surface area contributed by atoms with Crippen LogP contribution in [-0.4, -0.2) is 14.6 Å². The smallest absolute Gasteiger partial charge is 0.157 e. The number of aryl methyl sites for hydroxylation is 2. The molecule has 3 aromatic rings. The number of nitrogen functional groups attached to an aromatic ring is 1. The summed E-state index contributed by atoms with van der Waals surface area (Å²) >= 11 is 0. The summed E-state index contributed by atoms with van der Waals surface area (Å²) in [4.78, 5) is 4.58. The topological polar surface area (TPSA) is 56.2 Å². The van der Waals surface area contributed by atoms with Crippen molar-refractivity contribution < 1.29 is 0 Å². The average molecular weight is 238 g/mol. The number of rotatable bonds is 1. The van der Waals surface area contributed by atoms with Crippen molar-refractivity contribution in [3.63, 3.8) is 0 Å². The first-order chi connectivity index (χ1) is 8.65. The zero-order valence-electron chi connectivity index (χ0n) is 10.4. The van der Waals surface area contributed by atoms with Crippen LogP contribution < -0.4 is 5.73 Å². The van der Waals surface area contributed by atoms with E-state index >= 15 is 0 Å². The molecule has 2 aromatic heterocycles. The van der Waals surface area contributed by atoms with E-state index in [0.717, 1.165) is 16.9 Å². The Hall–Kier alpha value is -2.36. The predicted molar refractivity (Wildman–Crippen MR) is 72.3 cm³/mol. The molecule has 0 aliphatic heterocycles. The number of nitrogens with two attached hydrogens (primary N) is 1. The molecule has 0 unspecified atom stereocenters. The molecule has 90 valence electrons. The Bertz CT molecular complexity index is 728. The predicted octanol–water partition coefficient (Wildman–Crippen LogP) is 2.60. The third-order valence-electron chi connectivity index (χ3n) is 3.04. The van der Waals surface area contributed by atoms with Crippen LogP contribution in [0.25, 0.3) is 16.9 Å². The van der Waals surface area contributed by atoms with Gasteiger partial charge in [-0.15, -0.1) is 0 Å². The van der Waals surface area contributed by atoms with E-state index < -0.39 is 0 Å². The summed E-state index contributed by atoms with van der Waals surface area (Å²) in [5.41, 5.74) is 11.2. The lowest BCUT2D eigenvalue weighted by atomic mass is 10.0. The zero-order chi connectivity index (χ0) is 12.7. The third-order valence-corrected chi connectivity index (χ3v) is 3.04. The molecule has 0 fully saturated rings. The molecular formula is C14H14N4. The molecule has 0 spiro atoms. The Balaban J connectivity index is 2.24. The second-order valence-electron chi connectivity index (χ2n) is 4.49. The number of anilines is 1. The maximum atomic E-state index is 5.98. The van der Waals surface area contributed by atoms with E-state index in [-0.39, 0.29) is 0 Å². The quantitative estimate of drug-likeness (QED) is 0.709. The van der Waals surface area contributed by atoms with Crippen molar-refractivity contribution in [2.24, 2.45) is 0 Å². The fourth-order valence-electron chi connectivity index (χ4n) is 2.18. The summed E-state index contributed by atoms with van der Waals surface area (Å²) in [5, 5.41) is 4.12. The van der Waals surface area contributed by atoms with E-state index in [4.69, 9.17) is 5.73 Å². The molecule has 0 atom stereocenters. The van der Waals surface area contributed by atoms with Gasteiger partial charge >= 0.3 is 0 Å². The molecule has 4 nitrogen and oxygen atoms in total. The number of fused-ring (bicyclic) bond motifs is 1. The number of aromatic nitrogens is 3. The SMILES string of the molecule is Cc1ccc(-c2cc(N)n3nccc3n2)c(C)c1. The van der Waals surface area contributed by atoms with Crippen LogP contribution in [0.4, 0.5) is 5.82 Å². The minimum absolute atomic E-state index is 0.597. The van der Waals surface area contributed by atoms with Crippen LogP contribution in [0.15, 0.2) is 36.5 Å². The van der Waals surface area contributed by atoms with Gasteiger partial charge in [-0.05, 0) is 19.4 Å². The van der Waals surface area contributed by atoms with E-state index in [1.165, 1.54) is 11.1 Å². The van der Waals surface area contributed by atoms with Gasteiger partial charge in [0.05, 0.1) is 11.9 Å². The molecular weight excluding hydrogens is 224 g/mol. The maximum absolute atomic E-state index is 5.98. The van der Waals surface area contributed by atoms with Gasteiger partial charge in [-0.25, -0.2) is 4.98 Å². The van der Waals surface area contributed by atoms with Gasteiger partial charge in [0.1, 0.15) is 5.82 Å². The molecule has 0 amide bonds. The molecule has 18 heavy (non-hydrogen) atoms. The van der Waals surface area contributed by atoms with Crippen molar-refractivity contribution in [3.05, 3.63) is 47.7 Å². The van der Waals surface area contributed by atoms with Crippen molar-refractivity contribution in [1.29, 1.82) is 0 Å². The Morgan fingerprint density at radius 2 is 1.94 bits per heavy atom. The van der Waals surface area contributed by atoms with E-state index in [0.29, 0.717) is 5.82 Å². The van der Waals surface area contributed by atoms with E-state index in [2.05, 4.69) is 42.1 Å². The van der Waals surface area contributed by atoms with Gasteiger partial charge in [-0.2, -0.15) is 9.61 Å². The van der Waals surface area contributed by atoms with Crippen molar-refractivity contribution in [3.8, 4) is 11.3 Å². The van der Waals surface area contributed by atoms with Gasteiger partial charge in [0, 0.05) is 17.7 Å². The molecule has 4 heteroatoms. The van der Waals surface area contributed by atoms with Crippen LogP contribution >= 0.6 is 0 Å². The molecule has 1 aromatic carbocycles. The first-order valence-electron chi connectivity index (χ1n) is 5.83. The van der Waals surface area contributed by atoms with Crippen LogP contribution in [0.5, 0.6) is 0 Å². The minimum atomic E-state index is 0.597. The van der Waals surface area contributed by atoms with Crippen molar-refractivity contribution in [2.75, 3.05) is 5.73 Å². The fourth-order valence-corrected chi connectivity index (χ4v) is 2.18. The third kappa shape index (κ3) is 1.62. The lowest BCUT2D eigenvalue weighted by Gasteiger charge is -2.08. The van der Waals surface area contributed by atoms with Crippen LogP contribution in [-0.2, 0) is 0 Å². The second kappa shape index (κ2) is 3.84. The summed E-state index contributed by atoms with van der Waals surface area (Å²) < 4.78 is 1.63. The molecule has 0 bridgehead atoms. The largest absolute Gasteiger partial charge is 0.384 e. The molecule has 3 rings (SSSR count). The average Bonchev–Trinajstić information content (AvgIpc) is 2.77. The zero-order valence-corrected chi connectivity index (χ0v) is 10.4. The highest BCUT2D eigenvalue weighted by molar-refractivity contribution is 5.68. The standard InChI is InChI=1S/C14H14N4/c1-9-3-4-11(10(2)7-9)12-8-13(15)18-14(17-12)5-6-16-18/h3-8H,15H2,1-2H3. The molecule has 0 saturated carbocycles. The molecule has 0 aliphatic rings. The molecule has 0 radical (unpaired) electrons. The maximum Gasteiger partial charge on any atom is 0.157 e. The van der Waals surface area contributed by atoms with Crippen molar-refractivity contribution >= 4 is 11.5 Å². The van der Waals surface area contributed by atoms with Gasteiger partial charge in [0.2, 0.25) is 0 Å². The van der Waals surface area contributed by atoms with Crippen LogP contribution in [0, 0.1) is 13.8 Å².